The summed E-state index contributed by atoms with van der Waals surface area (Å²) in [4.78, 5) is 11.2. The smallest absolute Gasteiger partial charge is 0.379 e. The second-order valence-electron chi connectivity index (χ2n) is 3.87. The summed E-state index contributed by atoms with van der Waals surface area (Å²) >= 11 is 2.99. The van der Waals surface area contributed by atoms with E-state index >= 15 is 0 Å². The van der Waals surface area contributed by atoms with Crippen LogP contribution < -0.4 is 10.5 Å². The summed E-state index contributed by atoms with van der Waals surface area (Å²) in [6.07, 6.45) is 0. The molecule has 1 aromatic rings. The first-order chi connectivity index (χ1) is 9.25. The molecule has 0 aliphatic heterocycles. The van der Waals surface area contributed by atoms with Crippen LogP contribution in [0.5, 0.6) is 11.5 Å². The molecule has 0 unspecified atom stereocenters. The van der Waals surface area contributed by atoms with Crippen molar-refractivity contribution in [3.8, 4) is 11.5 Å². The SMILES string of the molecule is CCOC(=O)C(F)(F)[C@@H](N)c1cc(Br)c(O)c(OC)c1.Cl. The summed E-state index contributed by atoms with van der Waals surface area (Å²) in [5.41, 5.74) is 5.36. The Hall–Kier alpha value is -1.12. The van der Waals surface area contributed by atoms with Gasteiger partial charge in [-0.25, -0.2) is 4.79 Å². The number of nitrogens with two attached hydrogens (primary N) is 1. The first kappa shape index (κ1) is 19.9. The first-order valence-corrected chi connectivity index (χ1v) is 6.42. The summed E-state index contributed by atoms with van der Waals surface area (Å²) in [7, 11) is 1.26. The van der Waals surface area contributed by atoms with Gasteiger partial charge in [-0.05, 0) is 40.5 Å². The van der Waals surface area contributed by atoms with Gasteiger partial charge in [0.1, 0.15) is 6.04 Å². The van der Waals surface area contributed by atoms with Crippen LogP contribution in [0.1, 0.15) is 18.5 Å². The molecule has 21 heavy (non-hydrogen) atoms. The van der Waals surface area contributed by atoms with E-state index in [2.05, 4.69) is 20.7 Å². The van der Waals surface area contributed by atoms with Crippen molar-refractivity contribution in [3.05, 3.63) is 22.2 Å². The molecule has 0 amide bonds. The second kappa shape index (κ2) is 7.77. The maximum absolute atomic E-state index is 13.8. The lowest BCUT2D eigenvalue weighted by atomic mass is 10.0. The number of rotatable bonds is 5. The molecule has 1 rings (SSSR count). The summed E-state index contributed by atoms with van der Waals surface area (Å²) in [6, 6.07) is 0.403. The molecule has 0 heterocycles. The van der Waals surface area contributed by atoms with E-state index < -0.39 is 17.9 Å². The molecule has 0 aromatic heterocycles. The Morgan fingerprint density at radius 1 is 1.52 bits per heavy atom. The van der Waals surface area contributed by atoms with E-state index in [1.807, 2.05) is 0 Å². The molecule has 9 heteroatoms. The number of esters is 1. The molecular weight excluding hydrogens is 375 g/mol. The number of hydrogen-bond donors (Lipinski definition) is 2. The number of phenols is 1. The average molecular weight is 391 g/mol. The van der Waals surface area contributed by atoms with E-state index in [1.54, 1.807) is 0 Å². The highest BCUT2D eigenvalue weighted by Gasteiger charge is 2.48. The number of ether oxygens (including phenoxy) is 2. The van der Waals surface area contributed by atoms with E-state index in [4.69, 9.17) is 10.5 Å². The Morgan fingerprint density at radius 3 is 2.57 bits per heavy atom. The van der Waals surface area contributed by atoms with Crippen LogP contribution in [0.25, 0.3) is 0 Å². The molecule has 3 N–H and O–H groups in total. The minimum Gasteiger partial charge on any atom is -0.503 e. The Kier molecular flexibility index (Phi) is 7.35. The predicted octanol–water partition coefficient (Wildman–Crippen LogP) is 2.78. The minimum atomic E-state index is -3.89. The number of benzene rings is 1. The Balaban J connectivity index is 0.00000400. The molecular formula is C12H15BrClF2NO4. The molecule has 0 saturated carbocycles. The van der Waals surface area contributed by atoms with E-state index in [0.29, 0.717) is 0 Å². The Morgan fingerprint density at radius 2 is 2.10 bits per heavy atom. The largest absolute Gasteiger partial charge is 0.503 e. The number of alkyl halides is 2. The number of halogens is 4. The van der Waals surface area contributed by atoms with Gasteiger partial charge in [0.05, 0.1) is 18.2 Å². The number of carbonyl (C=O) groups excluding carboxylic acids is 1. The van der Waals surface area contributed by atoms with Crippen molar-refractivity contribution in [3.63, 3.8) is 0 Å². The standard InChI is InChI=1S/C12H14BrF2NO4.ClH/c1-3-20-11(18)12(14,15)10(16)6-4-7(13)9(17)8(5-6)19-2;/h4-5,10,17H,3,16H2,1-2H3;1H/t10-;/m0./s1. The average Bonchev–Trinajstić information content (AvgIpc) is 2.41. The monoisotopic (exact) mass is 389 g/mol. The van der Waals surface area contributed by atoms with Crippen molar-refractivity contribution >= 4 is 34.3 Å². The lowest BCUT2D eigenvalue weighted by Crippen LogP contribution is -2.41. The molecule has 0 aliphatic carbocycles. The Bertz CT molecular complexity index is 516. The number of methoxy groups -OCH3 is 1. The number of phenolic OH excluding ortho intramolecular Hbond substituents is 1. The Labute approximate surface area is 134 Å². The van der Waals surface area contributed by atoms with Crippen LogP contribution >= 0.6 is 28.3 Å². The normalized spacial score (nSPS) is 12.3. The highest BCUT2D eigenvalue weighted by Crippen LogP contribution is 2.39. The lowest BCUT2D eigenvalue weighted by Gasteiger charge is -2.22. The van der Waals surface area contributed by atoms with Gasteiger partial charge in [-0.15, -0.1) is 12.4 Å². The highest BCUT2D eigenvalue weighted by atomic mass is 79.9. The zero-order chi connectivity index (χ0) is 15.5. The molecule has 0 bridgehead atoms. The predicted molar refractivity (Wildman–Crippen MR) is 78.1 cm³/mol. The molecule has 1 atom stereocenters. The summed E-state index contributed by atoms with van der Waals surface area (Å²) < 4.78 is 36.9. The molecule has 0 fully saturated rings. The fourth-order valence-electron chi connectivity index (χ4n) is 1.49. The number of hydrogen-bond acceptors (Lipinski definition) is 5. The van der Waals surface area contributed by atoms with Gasteiger partial charge >= 0.3 is 11.9 Å². The first-order valence-electron chi connectivity index (χ1n) is 5.62. The zero-order valence-electron chi connectivity index (χ0n) is 11.2. The summed E-state index contributed by atoms with van der Waals surface area (Å²) in [5.74, 6) is -5.87. The van der Waals surface area contributed by atoms with Gasteiger partial charge in [-0.2, -0.15) is 8.78 Å². The van der Waals surface area contributed by atoms with Gasteiger partial charge in [0, 0.05) is 0 Å². The minimum absolute atomic E-state index is 0. The van der Waals surface area contributed by atoms with Crippen LogP contribution in [0.3, 0.4) is 0 Å². The van der Waals surface area contributed by atoms with Crippen molar-refractivity contribution < 1.29 is 28.2 Å². The fraction of sp³-hybridized carbons (Fsp3) is 0.417. The van der Waals surface area contributed by atoms with Crippen LogP contribution in [0.4, 0.5) is 8.78 Å². The third-order valence-corrected chi connectivity index (χ3v) is 3.17. The van der Waals surface area contributed by atoms with Crippen molar-refractivity contribution in [2.24, 2.45) is 5.73 Å². The quantitative estimate of drug-likeness (QED) is 0.756. The van der Waals surface area contributed by atoms with Crippen molar-refractivity contribution in [1.29, 1.82) is 0 Å². The topological polar surface area (TPSA) is 81.8 Å². The highest BCUT2D eigenvalue weighted by molar-refractivity contribution is 9.10. The van der Waals surface area contributed by atoms with Crippen LogP contribution in [0, 0.1) is 0 Å². The van der Waals surface area contributed by atoms with Crippen molar-refractivity contribution in [1.82, 2.24) is 0 Å². The molecule has 0 saturated heterocycles. The van der Waals surface area contributed by atoms with Gasteiger partial charge < -0.3 is 20.3 Å². The molecule has 0 aliphatic rings. The summed E-state index contributed by atoms with van der Waals surface area (Å²) in [6.45, 7) is 1.24. The number of aromatic hydroxyl groups is 1. The van der Waals surface area contributed by atoms with E-state index in [1.165, 1.54) is 20.1 Å². The van der Waals surface area contributed by atoms with Crippen LogP contribution in [0.2, 0.25) is 0 Å². The van der Waals surface area contributed by atoms with Crippen LogP contribution in [-0.4, -0.2) is 30.7 Å². The summed E-state index contributed by atoms with van der Waals surface area (Å²) in [5, 5.41) is 9.61. The van der Waals surface area contributed by atoms with Gasteiger partial charge in [-0.1, -0.05) is 0 Å². The molecule has 0 spiro atoms. The molecule has 1 aromatic carbocycles. The van der Waals surface area contributed by atoms with Gasteiger partial charge in [-0.3, -0.25) is 0 Å². The number of carbonyl (C=O) groups is 1. The van der Waals surface area contributed by atoms with Crippen LogP contribution in [-0.2, 0) is 9.53 Å². The van der Waals surface area contributed by atoms with Crippen LogP contribution in [0.15, 0.2) is 16.6 Å². The molecule has 0 radical (unpaired) electrons. The van der Waals surface area contributed by atoms with Crippen molar-refractivity contribution in [2.45, 2.75) is 18.9 Å². The van der Waals surface area contributed by atoms with E-state index in [-0.39, 0.29) is 40.5 Å². The van der Waals surface area contributed by atoms with Gasteiger partial charge in [0.15, 0.2) is 11.5 Å². The zero-order valence-corrected chi connectivity index (χ0v) is 13.6. The maximum atomic E-state index is 13.8. The van der Waals surface area contributed by atoms with Crippen molar-refractivity contribution in [2.75, 3.05) is 13.7 Å². The van der Waals surface area contributed by atoms with E-state index in [9.17, 15) is 18.7 Å². The third-order valence-electron chi connectivity index (χ3n) is 2.57. The fourth-order valence-corrected chi connectivity index (χ4v) is 1.95. The lowest BCUT2D eigenvalue weighted by molar-refractivity contribution is -0.174. The molecule has 120 valence electrons. The maximum Gasteiger partial charge on any atom is 0.379 e. The van der Waals surface area contributed by atoms with E-state index in [0.717, 1.165) is 6.07 Å². The van der Waals surface area contributed by atoms with Gasteiger partial charge in [0.2, 0.25) is 0 Å². The second-order valence-corrected chi connectivity index (χ2v) is 4.73. The molecule has 5 nitrogen and oxygen atoms in total. The van der Waals surface area contributed by atoms with Gasteiger partial charge in [0.25, 0.3) is 0 Å². The third kappa shape index (κ3) is 4.18.